The van der Waals surface area contributed by atoms with Crippen molar-refractivity contribution in [1.29, 1.82) is 0 Å². The van der Waals surface area contributed by atoms with Crippen molar-refractivity contribution in [2.24, 2.45) is 4.99 Å². The molecule has 1 aromatic heterocycles. The number of nitrogens with zero attached hydrogens (tertiary/aromatic N) is 2. The quantitative estimate of drug-likeness (QED) is 0.168. The summed E-state index contributed by atoms with van der Waals surface area (Å²) in [7, 11) is 3.16. The first kappa shape index (κ1) is 31.3. The summed E-state index contributed by atoms with van der Waals surface area (Å²) in [6.45, 7) is 4.08. The van der Waals surface area contributed by atoms with Gasteiger partial charge in [-0.1, -0.05) is 87.9 Å². The number of halogens is 1. The van der Waals surface area contributed by atoms with E-state index in [2.05, 4.69) is 15.9 Å². The van der Waals surface area contributed by atoms with Gasteiger partial charge in [-0.05, 0) is 60.0 Å². The predicted octanol–water partition coefficient (Wildman–Crippen LogP) is 6.31. The first-order valence-corrected chi connectivity index (χ1v) is 16.2. The Balaban J connectivity index is 1.51. The summed E-state index contributed by atoms with van der Waals surface area (Å²) in [6.07, 6.45) is 1.79. The van der Waals surface area contributed by atoms with E-state index in [-0.39, 0.29) is 12.2 Å². The van der Waals surface area contributed by atoms with Crippen LogP contribution in [0.25, 0.3) is 16.8 Å². The highest BCUT2D eigenvalue weighted by molar-refractivity contribution is 9.10. The third-order valence-electron chi connectivity index (χ3n) is 7.75. The van der Waals surface area contributed by atoms with E-state index in [1.165, 1.54) is 11.3 Å². The lowest BCUT2D eigenvalue weighted by molar-refractivity contribution is -0.139. The molecule has 5 aromatic rings. The molecule has 2 heterocycles. The Morgan fingerprint density at radius 2 is 1.72 bits per heavy atom. The second-order valence-electron chi connectivity index (χ2n) is 10.5. The van der Waals surface area contributed by atoms with Crippen LogP contribution >= 0.6 is 27.3 Å². The second-order valence-corrected chi connectivity index (χ2v) is 12.4. The summed E-state index contributed by atoms with van der Waals surface area (Å²) >= 11 is 4.91. The number of carbonyl (C=O) groups is 1. The molecular weight excluding hydrogens is 668 g/mol. The second kappa shape index (κ2) is 13.4. The number of ether oxygens (including phenoxy) is 4. The van der Waals surface area contributed by atoms with Crippen molar-refractivity contribution in [2.75, 3.05) is 20.8 Å². The summed E-state index contributed by atoms with van der Waals surface area (Å²) < 4.78 is 25.8. The zero-order valence-corrected chi connectivity index (χ0v) is 28.1. The lowest BCUT2D eigenvalue weighted by Crippen LogP contribution is -2.40. The molecule has 0 spiro atoms. The first-order chi connectivity index (χ1) is 22.3. The normalized spacial score (nSPS) is 14.5. The molecule has 0 N–H and O–H groups in total. The highest BCUT2D eigenvalue weighted by Gasteiger charge is 2.36. The fourth-order valence-corrected chi connectivity index (χ4v) is 7.08. The highest BCUT2D eigenvalue weighted by Crippen LogP contribution is 2.40. The van der Waals surface area contributed by atoms with Gasteiger partial charge >= 0.3 is 5.97 Å². The molecule has 0 aliphatic carbocycles. The summed E-state index contributed by atoms with van der Waals surface area (Å²) in [5, 5.41) is 1.81. The summed E-state index contributed by atoms with van der Waals surface area (Å²) in [5.74, 6) is 1.11. The third-order valence-corrected chi connectivity index (χ3v) is 9.42. The minimum Gasteiger partial charge on any atom is -0.496 e. The molecule has 4 aromatic carbocycles. The summed E-state index contributed by atoms with van der Waals surface area (Å²) in [4.78, 5) is 33.1. The highest BCUT2D eigenvalue weighted by atomic mass is 79.9. The fraction of sp³-hybridized carbons (Fsp3) is 0.194. The molecule has 1 aliphatic rings. The number of methoxy groups -OCH3 is 2. The number of hydrogen-bond acceptors (Lipinski definition) is 8. The Morgan fingerprint density at radius 3 is 2.46 bits per heavy atom. The van der Waals surface area contributed by atoms with Gasteiger partial charge in [0.1, 0.15) is 18.4 Å². The average molecular weight is 700 g/mol. The molecule has 1 atom stereocenters. The van der Waals surface area contributed by atoms with Crippen LogP contribution in [0.3, 0.4) is 0 Å². The van der Waals surface area contributed by atoms with E-state index in [9.17, 15) is 9.59 Å². The zero-order chi connectivity index (χ0) is 32.4. The lowest BCUT2D eigenvalue weighted by atomic mass is 9.90. The van der Waals surface area contributed by atoms with Crippen LogP contribution < -0.4 is 29.1 Å². The maximum atomic E-state index is 14.4. The van der Waals surface area contributed by atoms with Crippen LogP contribution in [-0.4, -0.2) is 31.4 Å². The van der Waals surface area contributed by atoms with Crippen LogP contribution in [0.2, 0.25) is 0 Å². The molecule has 6 rings (SSSR count). The molecule has 1 aliphatic heterocycles. The molecule has 0 unspecified atom stereocenters. The number of aromatic nitrogens is 1. The van der Waals surface area contributed by atoms with Gasteiger partial charge in [0, 0.05) is 10.0 Å². The minimum atomic E-state index is -0.828. The maximum absolute atomic E-state index is 14.4. The zero-order valence-electron chi connectivity index (χ0n) is 25.7. The SMILES string of the molecule is CCOC(=O)C1=C(C)N=c2s/c(=C\c3cc(OC)c(OCc4ccccc4)cc3Br)c(=O)n2[C@@H]1c1c(OC)ccc2ccccc12. The lowest BCUT2D eigenvalue weighted by Gasteiger charge is -2.27. The number of allylic oxidation sites excluding steroid dienone is 1. The van der Waals surface area contributed by atoms with Gasteiger partial charge in [-0.15, -0.1) is 0 Å². The van der Waals surface area contributed by atoms with Gasteiger partial charge in [0.15, 0.2) is 16.3 Å². The van der Waals surface area contributed by atoms with Crippen molar-refractivity contribution in [3.8, 4) is 17.2 Å². The van der Waals surface area contributed by atoms with E-state index in [1.54, 1.807) is 38.7 Å². The molecular formula is C36H31BrN2O6S. The third kappa shape index (κ3) is 5.86. The van der Waals surface area contributed by atoms with Crippen molar-refractivity contribution >= 4 is 50.1 Å². The number of esters is 1. The number of thiazole rings is 1. The van der Waals surface area contributed by atoms with Gasteiger partial charge in [0.25, 0.3) is 5.56 Å². The number of rotatable bonds is 9. The fourth-order valence-electron chi connectivity index (χ4n) is 5.61. The Kier molecular flexibility index (Phi) is 9.10. The van der Waals surface area contributed by atoms with Gasteiger partial charge in [-0.25, -0.2) is 9.79 Å². The van der Waals surface area contributed by atoms with Crippen LogP contribution in [0.1, 0.15) is 36.6 Å². The molecule has 8 nitrogen and oxygen atoms in total. The van der Waals surface area contributed by atoms with Crippen molar-refractivity contribution < 1.29 is 23.7 Å². The molecule has 10 heteroatoms. The van der Waals surface area contributed by atoms with Crippen LogP contribution in [-0.2, 0) is 16.1 Å². The van der Waals surface area contributed by atoms with E-state index >= 15 is 0 Å². The number of hydrogen-bond donors (Lipinski definition) is 0. The van der Waals surface area contributed by atoms with E-state index in [4.69, 9.17) is 23.9 Å². The largest absolute Gasteiger partial charge is 0.496 e. The van der Waals surface area contributed by atoms with Crippen molar-refractivity contribution in [3.63, 3.8) is 0 Å². The predicted molar refractivity (Wildman–Crippen MR) is 182 cm³/mol. The van der Waals surface area contributed by atoms with Crippen molar-refractivity contribution in [2.45, 2.75) is 26.5 Å². The molecule has 0 amide bonds. The summed E-state index contributed by atoms with van der Waals surface area (Å²) in [5.41, 5.74) is 2.91. The maximum Gasteiger partial charge on any atom is 0.338 e. The smallest absolute Gasteiger partial charge is 0.338 e. The van der Waals surface area contributed by atoms with E-state index in [1.807, 2.05) is 78.9 Å². The van der Waals surface area contributed by atoms with Gasteiger partial charge in [-0.3, -0.25) is 9.36 Å². The Hall–Kier alpha value is -4.67. The Morgan fingerprint density at radius 1 is 0.978 bits per heavy atom. The molecule has 0 saturated heterocycles. The summed E-state index contributed by atoms with van der Waals surface area (Å²) in [6, 6.07) is 24.3. The van der Waals surface area contributed by atoms with Gasteiger partial charge in [0.05, 0.1) is 36.6 Å². The van der Waals surface area contributed by atoms with Crippen LogP contribution in [0.4, 0.5) is 0 Å². The van der Waals surface area contributed by atoms with Gasteiger partial charge < -0.3 is 18.9 Å². The monoisotopic (exact) mass is 698 g/mol. The van der Waals surface area contributed by atoms with E-state index in [0.717, 1.165) is 26.4 Å². The van der Waals surface area contributed by atoms with Crippen LogP contribution in [0.15, 0.2) is 104 Å². The molecule has 0 saturated carbocycles. The molecule has 46 heavy (non-hydrogen) atoms. The van der Waals surface area contributed by atoms with Crippen LogP contribution in [0.5, 0.6) is 17.2 Å². The molecule has 0 radical (unpaired) electrons. The number of fused-ring (bicyclic) bond motifs is 2. The van der Waals surface area contributed by atoms with Crippen molar-refractivity contribution in [1.82, 2.24) is 4.57 Å². The Labute approximate surface area is 278 Å². The number of carbonyl (C=O) groups excluding carboxylic acids is 1. The molecule has 0 fully saturated rings. The molecule has 234 valence electrons. The topological polar surface area (TPSA) is 88.4 Å². The van der Waals surface area contributed by atoms with E-state index < -0.39 is 12.0 Å². The number of benzene rings is 4. The standard InChI is InChI=1S/C36H31BrN2O6S/c1-5-44-35(41)31-21(2)38-36-39(33(31)32-25-14-10-9-13-23(25)15-16-27(32)42-3)34(40)30(46-36)18-24-17-28(43-4)29(19-26(24)37)45-20-22-11-7-6-8-12-22/h6-19,33H,5,20H2,1-4H3/b30-18-/t33-/m0/s1. The van der Waals surface area contributed by atoms with Crippen LogP contribution in [0, 0.1) is 0 Å². The van der Waals surface area contributed by atoms with Gasteiger partial charge in [-0.2, -0.15) is 0 Å². The average Bonchev–Trinajstić information content (AvgIpc) is 3.37. The van der Waals surface area contributed by atoms with Gasteiger partial charge in [0.2, 0.25) is 0 Å². The first-order valence-electron chi connectivity index (χ1n) is 14.6. The van der Waals surface area contributed by atoms with E-state index in [0.29, 0.717) is 50.0 Å². The van der Waals surface area contributed by atoms with Crippen molar-refractivity contribution in [3.05, 3.63) is 131 Å². The Bertz CT molecular complexity index is 2170. The minimum absolute atomic E-state index is 0.181. The molecule has 0 bridgehead atoms.